The Morgan fingerprint density at radius 3 is 2.33 bits per heavy atom. The van der Waals surface area contributed by atoms with Crippen LogP contribution in [0, 0.1) is 11.8 Å². The van der Waals surface area contributed by atoms with Crippen molar-refractivity contribution < 1.29 is 85.1 Å². The quantitative estimate of drug-likeness (QED) is 0.0213. The number of methoxy groups -OCH3 is 2. The first-order valence-electron chi connectivity index (χ1n) is 28.1. The van der Waals surface area contributed by atoms with E-state index in [0.29, 0.717) is 43.6 Å². The van der Waals surface area contributed by atoms with E-state index in [1.807, 2.05) is 6.92 Å². The van der Waals surface area contributed by atoms with Gasteiger partial charge >= 0.3 is 24.4 Å². The molecule has 5 rings (SSSR count). The van der Waals surface area contributed by atoms with Crippen LogP contribution in [0.1, 0.15) is 104 Å². The van der Waals surface area contributed by atoms with Crippen LogP contribution in [0.4, 0.5) is 44.6 Å². The molecule has 0 spiro atoms. The number of anilines is 3. The maximum atomic E-state index is 15.0. The molecule has 0 saturated carbocycles. The molecular weight excluding hydrogens is 1300 g/mol. The molecule has 9 N–H and O–H groups in total. The standard InChI is InChI=1S/C58H78Br2ClF3N8O15/c1-31(2)48(70-45(74)18-11-10-15-33(4)86-56(28-59,29-60)30-73)51(77)69-39(16-13-21-66-52(65)78)50(76)68-38-20-19-36(25-37(38)58(62,63)64)67-53(79)85-44-26-46(75)72(7)40-23-35(24-41(82-8)47(40)61)22-32(3)14-12-17-43(83-9)57(81)27-42(84-54(80)71-57)34(5)49-55(44,6)87-49/h12,14,17,19-20,23-25,30-31,33-34,39,42-44,48-49,81H,10-11,13,15-16,18,21-22,26-29H2,1-9H3,(H,67,79)(H,68,76)(H,69,77)(H,70,74)(H,71,80)(H3,65,66,78)/b17-12+,32-14+/t33?,34-,39+,42+,43-,44+,48+,49+,55+,57+/m1/s1. The molecular formula is C58H78Br2ClF3N8O15. The van der Waals surface area contributed by atoms with Gasteiger partial charge in [0, 0.05) is 55.8 Å². The Hall–Kier alpha value is -6.04. The second-order valence-electron chi connectivity index (χ2n) is 22.5. The number of nitrogens with two attached hydrogens (primary N) is 1. The summed E-state index contributed by atoms with van der Waals surface area (Å²) in [6.45, 7) is 10.1. The Morgan fingerprint density at radius 1 is 1.01 bits per heavy atom. The number of fused-ring (bicyclic) bond motifs is 5. The molecule has 3 aliphatic heterocycles. The number of unbranched alkanes of at least 4 members (excludes halogenated alkanes) is 1. The number of halogens is 6. The molecule has 3 aliphatic rings. The summed E-state index contributed by atoms with van der Waals surface area (Å²) in [6.07, 6.45) is -5.78. The molecule has 0 aliphatic carbocycles. The number of ether oxygens (including phenoxy) is 6. The smallest absolute Gasteiger partial charge is 0.418 e. The molecule has 23 nitrogen and oxygen atoms in total. The van der Waals surface area contributed by atoms with E-state index in [9.17, 15) is 43.5 Å². The molecule has 10 atom stereocenters. The van der Waals surface area contributed by atoms with Gasteiger partial charge in [0.05, 0.1) is 42.7 Å². The average molecular weight is 1380 g/mol. The Labute approximate surface area is 525 Å². The van der Waals surface area contributed by atoms with Crippen molar-refractivity contribution in [1.29, 1.82) is 0 Å². The Balaban J connectivity index is 1.38. The minimum atomic E-state index is -5.18. The fraction of sp³-hybridized carbons (Fsp3) is 0.586. The summed E-state index contributed by atoms with van der Waals surface area (Å²) in [5.41, 5.74) is -0.307. The molecule has 0 aromatic heterocycles. The molecule has 2 aromatic rings. The number of aldehydes is 1. The van der Waals surface area contributed by atoms with Gasteiger partial charge in [0.25, 0.3) is 0 Å². The molecule has 482 valence electrons. The molecule has 29 heteroatoms. The predicted octanol–water partition coefficient (Wildman–Crippen LogP) is 8.10. The van der Waals surface area contributed by atoms with E-state index in [1.165, 1.54) is 33.1 Å². The van der Waals surface area contributed by atoms with Gasteiger partial charge in [-0.1, -0.05) is 94.5 Å². The van der Waals surface area contributed by atoms with Gasteiger partial charge in [-0.2, -0.15) is 13.2 Å². The van der Waals surface area contributed by atoms with Crippen LogP contribution in [0.5, 0.6) is 5.75 Å². The van der Waals surface area contributed by atoms with Crippen LogP contribution in [0.3, 0.4) is 0 Å². The number of alkyl halides is 5. The van der Waals surface area contributed by atoms with E-state index in [1.54, 1.807) is 58.1 Å². The lowest BCUT2D eigenvalue weighted by molar-refractivity contribution is -0.142. The van der Waals surface area contributed by atoms with Crippen molar-refractivity contribution in [3.05, 3.63) is 70.3 Å². The van der Waals surface area contributed by atoms with Gasteiger partial charge in [-0.15, -0.1) is 0 Å². The number of rotatable bonds is 24. The second kappa shape index (κ2) is 31.4. The highest BCUT2D eigenvalue weighted by molar-refractivity contribution is 9.10. The van der Waals surface area contributed by atoms with Crippen LogP contribution in [0.25, 0.3) is 0 Å². The number of amides is 8. The third kappa shape index (κ3) is 19.5. The molecule has 2 fully saturated rings. The van der Waals surface area contributed by atoms with Gasteiger partial charge in [-0.3, -0.25) is 29.8 Å². The van der Waals surface area contributed by atoms with Crippen molar-refractivity contribution >= 4 is 109 Å². The average Bonchev–Trinajstić information content (AvgIpc) is 1.63. The zero-order valence-electron chi connectivity index (χ0n) is 49.8. The van der Waals surface area contributed by atoms with E-state index < -0.39 is 137 Å². The second-order valence-corrected chi connectivity index (χ2v) is 24.0. The van der Waals surface area contributed by atoms with E-state index in [0.717, 1.165) is 17.7 Å². The minimum Gasteiger partial charge on any atom is -0.495 e. The number of primary amides is 1. The van der Waals surface area contributed by atoms with Crippen molar-refractivity contribution in [2.75, 3.05) is 54.0 Å². The van der Waals surface area contributed by atoms with E-state index in [4.69, 9.17) is 45.8 Å². The number of benzene rings is 2. The highest BCUT2D eigenvalue weighted by Crippen LogP contribution is 2.49. The monoisotopic (exact) mass is 1380 g/mol. The van der Waals surface area contributed by atoms with Crippen LogP contribution in [-0.2, 0) is 60.3 Å². The number of allylic oxidation sites excluding steroid dienone is 3. The largest absolute Gasteiger partial charge is 0.495 e. The number of carbonyl (C=O) groups excluding carboxylic acids is 8. The number of nitrogens with zero attached hydrogens (tertiary/aromatic N) is 1. The zero-order chi connectivity index (χ0) is 64.8. The summed E-state index contributed by atoms with van der Waals surface area (Å²) in [5.74, 6) is -4.10. The topological polar surface area (TPSA) is 317 Å². The number of hydrogen-bond donors (Lipinski definition) is 8. The van der Waals surface area contributed by atoms with Crippen LogP contribution < -0.4 is 47.3 Å². The van der Waals surface area contributed by atoms with Crippen molar-refractivity contribution in [3.63, 3.8) is 0 Å². The maximum absolute atomic E-state index is 15.0. The normalized spacial score (nSPS) is 24.5. The maximum Gasteiger partial charge on any atom is 0.418 e. The summed E-state index contributed by atoms with van der Waals surface area (Å²) in [6, 6.07) is 2.20. The zero-order valence-corrected chi connectivity index (χ0v) is 53.8. The van der Waals surface area contributed by atoms with E-state index >= 15 is 13.2 Å². The van der Waals surface area contributed by atoms with Gasteiger partial charge in [-0.25, -0.2) is 14.4 Å². The Bertz CT molecular complexity index is 2890. The van der Waals surface area contributed by atoms with Gasteiger partial charge in [-0.05, 0) is 94.7 Å². The van der Waals surface area contributed by atoms with Gasteiger partial charge in [0.1, 0.15) is 52.4 Å². The molecule has 4 bridgehead atoms. The van der Waals surface area contributed by atoms with Gasteiger partial charge < -0.3 is 70.2 Å². The molecule has 8 amide bonds. The summed E-state index contributed by atoms with van der Waals surface area (Å²) < 4.78 is 80.0. The lowest BCUT2D eigenvalue weighted by Gasteiger charge is -2.42. The first-order chi connectivity index (χ1) is 40.9. The van der Waals surface area contributed by atoms with Crippen molar-refractivity contribution in [1.82, 2.24) is 21.3 Å². The van der Waals surface area contributed by atoms with Crippen LogP contribution >= 0.6 is 43.5 Å². The lowest BCUT2D eigenvalue weighted by Crippen LogP contribution is -2.63. The number of nitrogens with one attached hydrogen (secondary N) is 6. The fourth-order valence-corrected chi connectivity index (χ4v) is 12.0. The third-order valence-electron chi connectivity index (χ3n) is 15.3. The van der Waals surface area contributed by atoms with Crippen LogP contribution in [0.2, 0.25) is 5.02 Å². The third-order valence-corrected chi connectivity index (χ3v) is 17.5. The van der Waals surface area contributed by atoms with E-state index in [2.05, 4.69) is 63.8 Å². The van der Waals surface area contributed by atoms with Gasteiger partial charge in [0.2, 0.25) is 23.6 Å². The summed E-state index contributed by atoms with van der Waals surface area (Å²) in [4.78, 5) is 107. The Morgan fingerprint density at radius 2 is 1.71 bits per heavy atom. The van der Waals surface area contributed by atoms with Crippen molar-refractivity contribution in [2.45, 2.75) is 165 Å². The molecule has 2 saturated heterocycles. The van der Waals surface area contributed by atoms with E-state index in [-0.39, 0.29) is 65.5 Å². The van der Waals surface area contributed by atoms with Gasteiger partial charge in [0.15, 0.2) is 12.0 Å². The first kappa shape index (κ1) is 71.7. The molecule has 2 aromatic carbocycles. The Kier molecular flexibility index (Phi) is 25.9. The summed E-state index contributed by atoms with van der Waals surface area (Å²) in [5, 5.41) is 27.1. The number of urea groups is 1. The lowest BCUT2D eigenvalue weighted by atomic mass is 9.83. The number of carbonyl (C=O) groups is 8. The highest BCUT2D eigenvalue weighted by atomic mass is 79.9. The molecule has 0 radical (unpaired) electrons. The number of alkyl carbamates (subject to hydrolysis) is 1. The molecule has 1 unspecified atom stereocenters. The molecule has 3 heterocycles. The highest BCUT2D eigenvalue weighted by Gasteiger charge is 2.64. The summed E-state index contributed by atoms with van der Waals surface area (Å²) in [7, 11) is 4.20. The number of epoxide rings is 1. The number of aliphatic hydroxyl groups is 1. The molecule has 87 heavy (non-hydrogen) atoms. The first-order valence-corrected chi connectivity index (χ1v) is 30.8. The van der Waals surface area contributed by atoms with Crippen molar-refractivity contribution in [2.24, 2.45) is 17.6 Å². The van der Waals surface area contributed by atoms with Crippen LogP contribution in [0.15, 0.2) is 54.1 Å². The number of hydrogen-bond acceptors (Lipinski definition) is 15. The van der Waals surface area contributed by atoms with Crippen LogP contribution in [-0.4, -0.2) is 151 Å². The minimum absolute atomic E-state index is 0.00932. The SMILES string of the molecule is COc1cc2cc(c1Cl)N(C)C(=O)C[C@H](OC(=O)Nc1ccc(NC(=O)[C@H](CCCNC(N)=O)NC(=O)[C@@H](NC(=O)CCCCC(C)OC(C=O)(CBr)CBr)C(C)C)c(C(F)(F)F)c1)[C@]1(C)O[C@H]1[C@H](C)[C@@H]1C[C@@](O)(NC(=O)O1)[C@H](OC)/C=C/C=C(\C)C2. The fourth-order valence-electron chi connectivity index (χ4n) is 10.3. The predicted molar refractivity (Wildman–Crippen MR) is 324 cm³/mol. The van der Waals surface area contributed by atoms with Crippen molar-refractivity contribution in [3.8, 4) is 5.75 Å². The summed E-state index contributed by atoms with van der Waals surface area (Å²) >= 11 is 13.4.